The van der Waals surface area contributed by atoms with Gasteiger partial charge in [0.05, 0.1) is 27.5 Å². The Bertz CT molecular complexity index is 429. The number of nitrogen functional groups attached to an aromatic ring is 1. The number of nitrogens with zero attached hydrogens (tertiary/aromatic N) is 1. The molecule has 18 heavy (non-hydrogen) atoms. The van der Waals surface area contributed by atoms with Crippen LogP contribution < -0.4 is 10.6 Å². The van der Waals surface area contributed by atoms with Crippen LogP contribution in [0.5, 0.6) is 0 Å². The molecule has 0 aromatic heterocycles. The summed E-state index contributed by atoms with van der Waals surface area (Å²) >= 11 is 12.0. The Hall–Kier alpha value is -0.640. The van der Waals surface area contributed by atoms with Crippen LogP contribution in [0.15, 0.2) is 12.1 Å². The van der Waals surface area contributed by atoms with Gasteiger partial charge in [0.15, 0.2) is 0 Å². The maximum Gasteiger partial charge on any atom is 0.0615 e. The molecule has 1 unspecified atom stereocenters. The highest BCUT2D eigenvalue weighted by Gasteiger charge is 2.24. The van der Waals surface area contributed by atoms with Crippen LogP contribution in [0.2, 0.25) is 10.0 Å². The van der Waals surface area contributed by atoms with E-state index >= 15 is 0 Å². The molecule has 0 spiro atoms. The molecule has 1 aromatic rings. The summed E-state index contributed by atoms with van der Waals surface area (Å²) in [5.74, 6) is 0.380. The fraction of sp³-hybridized carbons (Fsp3) is 0.538. The first-order valence-electron chi connectivity index (χ1n) is 6.16. The summed E-state index contributed by atoms with van der Waals surface area (Å²) in [5.41, 5.74) is 7.57. The number of hydrogen-bond donors (Lipinski definition) is 2. The second-order valence-electron chi connectivity index (χ2n) is 4.89. The SMILES string of the molecule is CC(O)C1CCN(c2cc(Cl)c(Cl)cc2N)CC1. The molecule has 1 atom stereocenters. The lowest BCUT2D eigenvalue weighted by Gasteiger charge is -2.35. The van der Waals surface area contributed by atoms with Gasteiger partial charge in [-0.1, -0.05) is 23.2 Å². The molecule has 1 saturated heterocycles. The first kappa shape index (κ1) is 13.8. The number of nitrogens with two attached hydrogens (primary N) is 1. The van der Waals surface area contributed by atoms with Crippen molar-refractivity contribution in [1.29, 1.82) is 0 Å². The van der Waals surface area contributed by atoms with Gasteiger partial charge in [0, 0.05) is 13.1 Å². The minimum Gasteiger partial charge on any atom is -0.397 e. The molecular weight excluding hydrogens is 271 g/mol. The van der Waals surface area contributed by atoms with Gasteiger partial charge >= 0.3 is 0 Å². The molecule has 1 aromatic carbocycles. The van der Waals surface area contributed by atoms with Crippen molar-refractivity contribution in [2.24, 2.45) is 5.92 Å². The van der Waals surface area contributed by atoms with Crippen LogP contribution in [-0.4, -0.2) is 24.3 Å². The van der Waals surface area contributed by atoms with Gasteiger partial charge in [0.1, 0.15) is 0 Å². The molecule has 2 rings (SSSR count). The van der Waals surface area contributed by atoms with Crippen LogP contribution in [0.1, 0.15) is 19.8 Å². The number of hydrogen-bond acceptors (Lipinski definition) is 3. The highest BCUT2D eigenvalue weighted by atomic mass is 35.5. The van der Waals surface area contributed by atoms with Crippen molar-refractivity contribution in [2.75, 3.05) is 23.7 Å². The lowest BCUT2D eigenvalue weighted by molar-refractivity contribution is 0.110. The number of aliphatic hydroxyl groups is 1. The maximum atomic E-state index is 9.59. The molecule has 1 aliphatic heterocycles. The van der Waals surface area contributed by atoms with Gasteiger partial charge in [-0.25, -0.2) is 0 Å². The van der Waals surface area contributed by atoms with E-state index in [1.807, 2.05) is 13.0 Å². The molecule has 0 radical (unpaired) electrons. The zero-order chi connectivity index (χ0) is 13.3. The lowest BCUT2D eigenvalue weighted by atomic mass is 9.92. The summed E-state index contributed by atoms with van der Waals surface area (Å²) in [6, 6.07) is 3.52. The molecule has 3 nitrogen and oxygen atoms in total. The van der Waals surface area contributed by atoms with Gasteiger partial charge < -0.3 is 15.7 Å². The Morgan fingerprint density at radius 3 is 2.39 bits per heavy atom. The largest absolute Gasteiger partial charge is 0.397 e. The van der Waals surface area contributed by atoms with Gasteiger partial charge in [-0.3, -0.25) is 0 Å². The number of anilines is 2. The van der Waals surface area contributed by atoms with Crippen molar-refractivity contribution in [3.05, 3.63) is 22.2 Å². The Morgan fingerprint density at radius 2 is 1.83 bits per heavy atom. The number of aliphatic hydroxyl groups excluding tert-OH is 1. The molecule has 3 N–H and O–H groups in total. The van der Waals surface area contributed by atoms with Gasteiger partial charge in [-0.15, -0.1) is 0 Å². The van der Waals surface area contributed by atoms with Crippen LogP contribution in [0.3, 0.4) is 0 Å². The predicted molar refractivity (Wildman–Crippen MR) is 77.5 cm³/mol. The number of halogens is 2. The summed E-state index contributed by atoms with van der Waals surface area (Å²) in [7, 11) is 0. The molecule has 100 valence electrons. The molecule has 1 heterocycles. The average molecular weight is 289 g/mol. The predicted octanol–water partition coefficient (Wildman–Crippen LogP) is 3.17. The third-order valence-electron chi connectivity index (χ3n) is 3.63. The fourth-order valence-electron chi connectivity index (χ4n) is 2.45. The molecule has 0 amide bonds. The van der Waals surface area contributed by atoms with Crippen LogP contribution in [0.4, 0.5) is 11.4 Å². The Balaban J connectivity index is 2.12. The van der Waals surface area contributed by atoms with Crippen LogP contribution in [-0.2, 0) is 0 Å². The molecule has 1 aliphatic rings. The Labute approximate surface area is 117 Å². The van der Waals surface area contributed by atoms with Crippen LogP contribution in [0.25, 0.3) is 0 Å². The minimum absolute atomic E-state index is 0.238. The summed E-state index contributed by atoms with van der Waals surface area (Å²) < 4.78 is 0. The van der Waals surface area contributed by atoms with Crippen molar-refractivity contribution in [1.82, 2.24) is 0 Å². The number of rotatable bonds is 2. The van der Waals surface area contributed by atoms with Crippen molar-refractivity contribution >= 4 is 34.6 Å². The zero-order valence-corrected chi connectivity index (χ0v) is 11.9. The van der Waals surface area contributed by atoms with Crippen molar-refractivity contribution in [3.63, 3.8) is 0 Å². The quantitative estimate of drug-likeness (QED) is 0.822. The Morgan fingerprint density at radius 1 is 1.28 bits per heavy atom. The van der Waals surface area contributed by atoms with Gasteiger partial charge in [0.2, 0.25) is 0 Å². The van der Waals surface area contributed by atoms with Crippen molar-refractivity contribution in [2.45, 2.75) is 25.9 Å². The summed E-state index contributed by atoms with van der Waals surface area (Å²) in [4.78, 5) is 2.20. The number of piperidine rings is 1. The van der Waals surface area contributed by atoms with E-state index in [4.69, 9.17) is 28.9 Å². The highest BCUT2D eigenvalue weighted by molar-refractivity contribution is 6.42. The molecular formula is C13H18Cl2N2O. The zero-order valence-electron chi connectivity index (χ0n) is 10.4. The molecule has 5 heteroatoms. The first-order chi connectivity index (χ1) is 8.49. The molecule has 0 aliphatic carbocycles. The minimum atomic E-state index is -0.238. The van der Waals surface area contributed by atoms with E-state index in [0.29, 0.717) is 21.7 Å². The molecule has 0 saturated carbocycles. The third kappa shape index (κ3) is 2.85. The molecule has 1 fully saturated rings. The lowest BCUT2D eigenvalue weighted by Crippen LogP contribution is -2.37. The van der Waals surface area contributed by atoms with Gasteiger partial charge in [-0.05, 0) is 37.8 Å². The van der Waals surface area contributed by atoms with E-state index in [2.05, 4.69) is 4.90 Å². The second kappa shape index (κ2) is 5.55. The highest BCUT2D eigenvalue weighted by Crippen LogP contribution is 2.35. The van der Waals surface area contributed by atoms with Gasteiger partial charge in [0.25, 0.3) is 0 Å². The standard InChI is InChI=1S/C13H18Cl2N2O/c1-8(18)9-2-4-17(5-3-9)13-7-11(15)10(14)6-12(13)16/h6-9,18H,2-5,16H2,1H3. The smallest absolute Gasteiger partial charge is 0.0615 e. The molecule has 0 bridgehead atoms. The topological polar surface area (TPSA) is 49.5 Å². The van der Waals surface area contributed by atoms with E-state index in [-0.39, 0.29) is 6.10 Å². The fourth-order valence-corrected chi connectivity index (χ4v) is 2.78. The first-order valence-corrected chi connectivity index (χ1v) is 6.92. The van der Waals surface area contributed by atoms with E-state index in [1.54, 1.807) is 6.07 Å². The normalized spacial score (nSPS) is 19.0. The van der Waals surface area contributed by atoms with Crippen LogP contribution >= 0.6 is 23.2 Å². The van der Waals surface area contributed by atoms with E-state index in [9.17, 15) is 5.11 Å². The average Bonchev–Trinajstić information content (AvgIpc) is 2.34. The Kier molecular flexibility index (Phi) is 4.25. The van der Waals surface area contributed by atoms with E-state index in [0.717, 1.165) is 31.6 Å². The number of benzene rings is 1. The van der Waals surface area contributed by atoms with Crippen molar-refractivity contribution in [3.8, 4) is 0 Å². The summed E-state index contributed by atoms with van der Waals surface area (Å²) in [5, 5.41) is 10.6. The third-order valence-corrected chi connectivity index (χ3v) is 4.35. The maximum absolute atomic E-state index is 9.59. The van der Waals surface area contributed by atoms with E-state index in [1.165, 1.54) is 0 Å². The van der Waals surface area contributed by atoms with Crippen molar-refractivity contribution < 1.29 is 5.11 Å². The van der Waals surface area contributed by atoms with Gasteiger partial charge in [-0.2, -0.15) is 0 Å². The van der Waals surface area contributed by atoms with Crippen LogP contribution in [0, 0.1) is 5.92 Å². The monoisotopic (exact) mass is 288 g/mol. The second-order valence-corrected chi connectivity index (χ2v) is 5.70. The van der Waals surface area contributed by atoms with E-state index < -0.39 is 0 Å². The summed E-state index contributed by atoms with van der Waals surface area (Å²) in [6.45, 7) is 3.63. The summed E-state index contributed by atoms with van der Waals surface area (Å²) in [6.07, 6.45) is 1.70.